The van der Waals surface area contributed by atoms with Gasteiger partial charge in [0.1, 0.15) is 11.8 Å². The van der Waals surface area contributed by atoms with E-state index in [9.17, 15) is 27.6 Å². The van der Waals surface area contributed by atoms with Crippen LogP contribution < -0.4 is 16.4 Å². The van der Waals surface area contributed by atoms with Crippen LogP contribution in [0, 0.1) is 0 Å². The molecule has 236 valence electrons. The highest BCUT2D eigenvalue weighted by atomic mass is 35.5. The predicted molar refractivity (Wildman–Crippen MR) is 160 cm³/mol. The topological polar surface area (TPSA) is 142 Å². The molecule has 0 spiro atoms. The number of hydrogen-bond donors (Lipinski definition) is 3. The molecule has 44 heavy (non-hydrogen) atoms. The maximum Gasteiger partial charge on any atom is 0.417 e. The first-order valence-corrected chi connectivity index (χ1v) is 14.1. The van der Waals surface area contributed by atoms with Gasteiger partial charge >= 0.3 is 18.3 Å². The van der Waals surface area contributed by atoms with Crippen LogP contribution in [-0.4, -0.2) is 83.7 Å². The maximum atomic E-state index is 13.3. The number of ether oxygens (including phenoxy) is 1. The number of carbonyl (C=O) groups excluding carboxylic acids is 3. The van der Waals surface area contributed by atoms with Crippen molar-refractivity contribution in [2.45, 2.75) is 51.3 Å². The van der Waals surface area contributed by atoms with E-state index in [-0.39, 0.29) is 18.1 Å². The second-order valence-corrected chi connectivity index (χ2v) is 11.6. The summed E-state index contributed by atoms with van der Waals surface area (Å²) in [6.07, 6.45) is -4.44. The van der Waals surface area contributed by atoms with Crippen molar-refractivity contribution in [3.8, 4) is 0 Å². The lowest BCUT2D eigenvalue weighted by Gasteiger charge is -2.37. The standard InChI is InChI=1S/C29H33ClF3N7O4/c1-28(2,3)44-27(43)40-12-10-39(11-13-40)25(41)23-24(34)35-16-22(38-23)18-6-4-17(5-7-18)15-36-26(42)37-19-8-9-21(30)20(14-19)29(31,32)33/h4-9,14,16,23-24H,10-13,15,34H2,1-3H3,(H2,36,37,42). The fourth-order valence-electron chi connectivity index (χ4n) is 4.44. The van der Waals surface area contributed by atoms with Gasteiger partial charge in [0.2, 0.25) is 0 Å². The number of aliphatic imine (C=N–C) groups is 2. The van der Waals surface area contributed by atoms with E-state index < -0.39 is 46.7 Å². The number of rotatable bonds is 5. The van der Waals surface area contributed by atoms with E-state index >= 15 is 0 Å². The van der Waals surface area contributed by atoms with Crippen molar-refractivity contribution in [2.24, 2.45) is 15.7 Å². The number of piperazine rings is 1. The number of carbonyl (C=O) groups is 3. The second kappa shape index (κ2) is 13.2. The third-order valence-electron chi connectivity index (χ3n) is 6.70. The zero-order valence-electron chi connectivity index (χ0n) is 24.3. The predicted octanol–water partition coefficient (Wildman–Crippen LogP) is 4.29. The molecule has 2 aromatic carbocycles. The molecule has 0 aromatic heterocycles. The van der Waals surface area contributed by atoms with Gasteiger partial charge in [-0.05, 0) is 44.5 Å². The van der Waals surface area contributed by atoms with E-state index in [4.69, 9.17) is 22.1 Å². The third-order valence-corrected chi connectivity index (χ3v) is 7.03. The lowest BCUT2D eigenvalue weighted by molar-refractivity contribution is -0.137. The first-order valence-electron chi connectivity index (χ1n) is 13.7. The molecule has 0 radical (unpaired) electrons. The van der Waals surface area contributed by atoms with Crippen LogP contribution in [0.1, 0.15) is 37.5 Å². The molecule has 0 bridgehead atoms. The SMILES string of the molecule is CC(C)(C)OC(=O)N1CCN(C(=O)C2N=C(c3ccc(CNC(=O)Nc4ccc(Cl)c(C(F)(F)F)c4)cc3)C=NC2N)CC1. The molecule has 0 saturated carbocycles. The number of benzene rings is 2. The average molecular weight is 636 g/mol. The van der Waals surface area contributed by atoms with Crippen molar-refractivity contribution in [1.82, 2.24) is 15.1 Å². The largest absolute Gasteiger partial charge is 0.444 e. The van der Waals surface area contributed by atoms with Crippen LogP contribution in [0.25, 0.3) is 0 Å². The molecular weight excluding hydrogens is 603 g/mol. The Kier molecular flexibility index (Phi) is 9.84. The molecule has 1 saturated heterocycles. The highest BCUT2D eigenvalue weighted by Gasteiger charge is 2.35. The van der Waals surface area contributed by atoms with Gasteiger partial charge in [-0.15, -0.1) is 0 Å². The molecule has 2 aliphatic heterocycles. The van der Waals surface area contributed by atoms with Gasteiger partial charge in [0.05, 0.1) is 16.3 Å². The van der Waals surface area contributed by atoms with Gasteiger partial charge in [0.25, 0.3) is 5.91 Å². The first-order chi connectivity index (χ1) is 20.6. The molecule has 2 heterocycles. The molecule has 4 rings (SSSR count). The van der Waals surface area contributed by atoms with Crippen LogP contribution in [0.4, 0.5) is 28.4 Å². The minimum Gasteiger partial charge on any atom is -0.444 e. The molecule has 4 N–H and O–H groups in total. The summed E-state index contributed by atoms with van der Waals surface area (Å²) >= 11 is 5.62. The Bertz CT molecular complexity index is 1450. The highest BCUT2D eigenvalue weighted by molar-refractivity contribution is 6.39. The summed E-state index contributed by atoms with van der Waals surface area (Å²) in [5.41, 5.74) is 6.22. The van der Waals surface area contributed by atoms with Crippen molar-refractivity contribution in [3.63, 3.8) is 0 Å². The number of nitrogens with one attached hydrogen (secondary N) is 2. The van der Waals surface area contributed by atoms with Crippen molar-refractivity contribution >= 4 is 47.2 Å². The van der Waals surface area contributed by atoms with Crippen LogP contribution in [0.5, 0.6) is 0 Å². The van der Waals surface area contributed by atoms with Crippen LogP contribution in [0.3, 0.4) is 0 Å². The van der Waals surface area contributed by atoms with Gasteiger partial charge in [-0.2, -0.15) is 13.2 Å². The fraction of sp³-hybridized carbons (Fsp3) is 0.414. The van der Waals surface area contributed by atoms with Crippen LogP contribution >= 0.6 is 11.6 Å². The van der Waals surface area contributed by atoms with Crippen molar-refractivity contribution in [1.29, 1.82) is 0 Å². The van der Waals surface area contributed by atoms with Gasteiger partial charge < -0.3 is 30.9 Å². The highest BCUT2D eigenvalue weighted by Crippen LogP contribution is 2.36. The smallest absolute Gasteiger partial charge is 0.417 e. The summed E-state index contributed by atoms with van der Waals surface area (Å²) in [4.78, 5) is 49.9. The Morgan fingerprint density at radius 1 is 1.02 bits per heavy atom. The van der Waals surface area contributed by atoms with Gasteiger partial charge in [-0.1, -0.05) is 35.9 Å². The molecule has 2 aromatic rings. The molecule has 2 atom stereocenters. The zero-order valence-corrected chi connectivity index (χ0v) is 25.1. The number of hydrogen-bond acceptors (Lipinski definition) is 7. The normalized spacial score (nSPS) is 18.9. The van der Waals surface area contributed by atoms with Gasteiger partial charge in [0, 0.05) is 50.2 Å². The van der Waals surface area contributed by atoms with E-state index in [0.29, 0.717) is 43.0 Å². The Morgan fingerprint density at radius 3 is 2.27 bits per heavy atom. The van der Waals surface area contributed by atoms with Gasteiger partial charge in [0.15, 0.2) is 6.04 Å². The molecule has 1 fully saturated rings. The number of anilines is 1. The molecule has 11 nitrogen and oxygen atoms in total. The number of nitrogens with zero attached hydrogens (tertiary/aromatic N) is 4. The van der Waals surface area contributed by atoms with E-state index in [0.717, 1.165) is 12.1 Å². The average Bonchev–Trinajstić information content (AvgIpc) is 2.96. The minimum atomic E-state index is -4.66. The number of nitrogens with two attached hydrogens (primary N) is 1. The number of halogens is 4. The van der Waals surface area contributed by atoms with E-state index in [1.807, 2.05) is 0 Å². The molecule has 0 aliphatic carbocycles. The summed E-state index contributed by atoms with van der Waals surface area (Å²) < 4.78 is 44.6. The molecule has 15 heteroatoms. The second-order valence-electron chi connectivity index (χ2n) is 11.2. The number of alkyl halides is 3. The summed E-state index contributed by atoms with van der Waals surface area (Å²) in [7, 11) is 0. The fourth-order valence-corrected chi connectivity index (χ4v) is 4.67. The summed E-state index contributed by atoms with van der Waals surface area (Å²) in [6.45, 7) is 6.74. The van der Waals surface area contributed by atoms with Crippen LogP contribution in [-0.2, 0) is 22.3 Å². The number of urea groups is 1. The summed E-state index contributed by atoms with van der Waals surface area (Å²) in [5.74, 6) is -0.287. The Balaban J connectivity index is 1.32. The molecular formula is C29H33ClF3N7O4. The van der Waals surface area contributed by atoms with E-state index in [1.54, 1.807) is 54.8 Å². The van der Waals surface area contributed by atoms with Crippen LogP contribution in [0.15, 0.2) is 52.4 Å². The molecule has 2 aliphatic rings. The quantitative estimate of drug-likeness (QED) is 0.450. The Labute approximate surface area is 257 Å². The number of amides is 4. The molecule has 2 unspecified atom stereocenters. The minimum absolute atomic E-state index is 0.0589. The monoisotopic (exact) mass is 635 g/mol. The van der Waals surface area contributed by atoms with Gasteiger partial charge in [-0.3, -0.25) is 14.8 Å². The summed E-state index contributed by atoms with van der Waals surface area (Å²) in [5, 5.41) is 4.48. The Morgan fingerprint density at radius 2 is 1.66 bits per heavy atom. The van der Waals surface area contributed by atoms with E-state index in [1.165, 1.54) is 12.3 Å². The van der Waals surface area contributed by atoms with Crippen molar-refractivity contribution < 1.29 is 32.3 Å². The van der Waals surface area contributed by atoms with Crippen molar-refractivity contribution in [3.05, 3.63) is 64.2 Å². The van der Waals surface area contributed by atoms with Crippen molar-refractivity contribution in [2.75, 3.05) is 31.5 Å². The summed E-state index contributed by atoms with van der Waals surface area (Å²) in [6, 6.07) is 8.42. The lowest BCUT2D eigenvalue weighted by Crippen LogP contribution is -2.56. The lowest BCUT2D eigenvalue weighted by atomic mass is 10.1. The zero-order chi connectivity index (χ0) is 32.2. The van der Waals surface area contributed by atoms with Crippen LogP contribution in [0.2, 0.25) is 5.02 Å². The maximum absolute atomic E-state index is 13.3. The third kappa shape index (κ3) is 8.47. The Hall–Kier alpha value is -4.17. The van der Waals surface area contributed by atoms with E-state index in [2.05, 4.69) is 20.6 Å². The van der Waals surface area contributed by atoms with Gasteiger partial charge in [-0.25, -0.2) is 9.59 Å². The first kappa shape index (κ1) is 32.7. The molecule has 4 amide bonds.